The molecule has 1 heterocycles. The third-order valence-corrected chi connectivity index (χ3v) is 3.23. The monoisotopic (exact) mass is 215 g/mol. The molecular formula is C9H7ClFNS. The quantitative estimate of drug-likeness (QED) is 0.726. The SMILES string of the molecule is Nc1csc2c(F)ccc(CCl)c12. The minimum absolute atomic E-state index is 0.231. The molecule has 0 bridgehead atoms. The standard InChI is InChI=1S/C9H7ClFNS/c10-3-5-1-2-6(11)9-8(5)7(12)4-13-9/h1-2,4H,3,12H2. The molecule has 0 saturated heterocycles. The number of hydrogen-bond donors (Lipinski definition) is 1. The Labute approximate surface area is 83.9 Å². The highest BCUT2D eigenvalue weighted by Gasteiger charge is 2.09. The second-order valence-corrected chi connectivity index (χ2v) is 3.88. The number of benzene rings is 1. The Morgan fingerprint density at radius 3 is 2.92 bits per heavy atom. The number of nitrogen functional groups attached to an aromatic ring is 1. The summed E-state index contributed by atoms with van der Waals surface area (Å²) in [6.45, 7) is 0. The Hall–Kier alpha value is -0.800. The Morgan fingerprint density at radius 1 is 1.46 bits per heavy atom. The van der Waals surface area contributed by atoms with E-state index < -0.39 is 0 Å². The van der Waals surface area contributed by atoms with Crippen LogP contribution in [0, 0.1) is 5.82 Å². The largest absolute Gasteiger partial charge is 0.398 e. The van der Waals surface area contributed by atoms with Gasteiger partial charge in [0.2, 0.25) is 0 Å². The minimum Gasteiger partial charge on any atom is -0.398 e. The number of hydrogen-bond acceptors (Lipinski definition) is 2. The Bertz CT molecular complexity index is 452. The van der Waals surface area contributed by atoms with E-state index in [-0.39, 0.29) is 5.82 Å². The van der Waals surface area contributed by atoms with E-state index in [4.69, 9.17) is 17.3 Å². The van der Waals surface area contributed by atoms with E-state index in [9.17, 15) is 4.39 Å². The van der Waals surface area contributed by atoms with Crippen LogP contribution in [0.3, 0.4) is 0 Å². The first kappa shape index (κ1) is 8.78. The van der Waals surface area contributed by atoms with E-state index in [1.54, 1.807) is 11.4 Å². The van der Waals surface area contributed by atoms with Gasteiger partial charge in [0.1, 0.15) is 5.82 Å². The van der Waals surface area contributed by atoms with Crippen molar-refractivity contribution in [1.82, 2.24) is 0 Å². The molecule has 2 aromatic rings. The van der Waals surface area contributed by atoms with Gasteiger partial charge in [-0.25, -0.2) is 4.39 Å². The van der Waals surface area contributed by atoms with Gasteiger partial charge >= 0.3 is 0 Å². The van der Waals surface area contributed by atoms with Crippen molar-refractivity contribution in [2.45, 2.75) is 5.88 Å². The summed E-state index contributed by atoms with van der Waals surface area (Å²) in [4.78, 5) is 0. The summed E-state index contributed by atoms with van der Waals surface area (Å²) in [7, 11) is 0. The molecule has 2 N–H and O–H groups in total. The second-order valence-electron chi connectivity index (χ2n) is 2.74. The number of nitrogens with two attached hydrogens (primary N) is 1. The summed E-state index contributed by atoms with van der Waals surface area (Å²) in [5, 5.41) is 2.50. The van der Waals surface area contributed by atoms with Gasteiger partial charge in [-0.05, 0) is 11.6 Å². The zero-order valence-corrected chi connectivity index (χ0v) is 8.25. The van der Waals surface area contributed by atoms with Crippen LogP contribution in [0.2, 0.25) is 0 Å². The molecule has 2 rings (SSSR count). The van der Waals surface area contributed by atoms with Crippen molar-refractivity contribution in [2.75, 3.05) is 5.73 Å². The predicted octanol–water partition coefficient (Wildman–Crippen LogP) is 3.36. The first-order chi connectivity index (χ1) is 6.24. The van der Waals surface area contributed by atoms with Gasteiger partial charge in [0.15, 0.2) is 0 Å². The molecular weight excluding hydrogens is 209 g/mol. The molecule has 0 atom stereocenters. The summed E-state index contributed by atoms with van der Waals surface area (Å²) in [6.07, 6.45) is 0. The number of thiophene rings is 1. The van der Waals surface area contributed by atoms with E-state index in [1.807, 2.05) is 0 Å². The van der Waals surface area contributed by atoms with E-state index in [1.165, 1.54) is 17.4 Å². The maximum absolute atomic E-state index is 13.2. The van der Waals surface area contributed by atoms with Gasteiger partial charge in [-0.2, -0.15) is 0 Å². The number of rotatable bonds is 1. The van der Waals surface area contributed by atoms with E-state index in [0.29, 0.717) is 16.3 Å². The Kier molecular flexibility index (Phi) is 2.14. The zero-order valence-electron chi connectivity index (χ0n) is 6.68. The molecule has 0 aliphatic heterocycles. The summed E-state index contributed by atoms with van der Waals surface area (Å²) in [6, 6.07) is 3.10. The highest BCUT2D eigenvalue weighted by Crippen LogP contribution is 2.33. The topological polar surface area (TPSA) is 26.0 Å². The summed E-state index contributed by atoms with van der Waals surface area (Å²) in [5.74, 6) is 0.128. The van der Waals surface area contributed by atoms with Crippen molar-refractivity contribution in [3.05, 3.63) is 28.9 Å². The maximum Gasteiger partial charge on any atom is 0.141 e. The lowest BCUT2D eigenvalue weighted by Crippen LogP contribution is -1.87. The lowest BCUT2D eigenvalue weighted by atomic mass is 10.1. The highest BCUT2D eigenvalue weighted by molar-refractivity contribution is 7.17. The fourth-order valence-electron chi connectivity index (χ4n) is 1.32. The lowest BCUT2D eigenvalue weighted by Gasteiger charge is -2.00. The van der Waals surface area contributed by atoms with Crippen molar-refractivity contribution in [3.8, 4) is 0 Å². The number of halogens is 2. The van der Waals surface area contributed by atoms with Crippen LogP contribution in [0.1, 0.15) is 5.56 Å². The molecule has 4 heteroatoms. The third-order valence-electron chi connectivity index (χ3n) is 1.93. The van der Waals surface area contributed by atoms with E-state index in [0.717, 1.165) is 10.9 Å². The molecule has 0 spiro atoms. The minimum atomic E-state index is -0.231. The molecule has 0 aliphatic carbocycles. The van der Waals surface area contributed by atoms with Crippen LogP contribution in [0.5, 0.6) is 0 Å². The van der Waals surface area contributed by atoms with Gasteiger partial charge < -0.3 is 5.73 Å². The molecule has 1 nitrogen and oxygen atoms in total. The molecule has 13 heavy (non-hydrogen) atoms. The number of anilines is 1. The van der Waals surface area contributed by atoms with Crippen molar-refractivity contribution < 1.29 is 4.39 Å². The van der Waals surface area contributed by atoms with Gasteiger partial charge in [0.05, 0.1) is 10.4 Å². The van der Waals surface area contributed by atoms with Crippen molar-refractivity contribution in [2.24, 2.45) is 0 Å². The first-order valence-electron chi connectivity index (χ1n) is 3.74. The average Bonchev–Trinajstić information content (AvgIpc) is 2.51. The fourth-order valence-corrected chi connectivity index (χ4v) is 2.46. The number of fused-ring (bicyclic) bond motifs is 1. The van der Waals surface area contributed by atoms with Crippen LogP contribution in [0.15, 0.2) is 17.5 Å². The van der Waals surface area contributed by atoms with Gasteiger partial charge in [-0.15, -0.1) is 22.9 Å². The normalized spacial score (nSPS) is 10.9. The van der Waals surface area contributed by atoms with Crippen molar-refractivity contribution in [1.29, 1.82) is 0 Å². The van der Waals surface area contributed by atoms with Crippen molar-refractivity contribution >= 4 is 38.7 Å². The smallest absolute Gasteiger partial charge is 0.141 e. The van der Waals surface area contributed by atoms with Crippen LogP contribution in [0.25, 0.3) is 10.1 Å². The van der Waals surface area contributed by atoms with E-state index in [2.05, 4.69) is 0 Å². The van der Waals surface area contributed by atoms with Gasteiger partial charge in [0, 0.05) is 16.6 Å². The lowest BCUT2D eigenvalue weighted by molar-refractivity contribution is 0.641. The van der Waals surface area contributed by atoms with Crippen LogP contribution < -0.4 is 5.73 Å². The Balaban J connectivity index is 2.88. The summed E-state index contributed by atoms with van der Waals surface area (Å²) >= 11 is 7.03. The predicted molar refractivity (Wildman–Crippen MR) is 55.8 cm³/mol. The van der Waals surface area contributed by atoms with Gasteiger partial charge in [-0.1, -0.05) is 6.07 Å². The molecule has 0 radical (unpaired) electrons. The average molecular weight is 216 g/mol. The molecule has 1 aromatic carbocycles. The van der Waals surface area contributed by atoms with Crippen molar-refractivity contribution in [3.63, 3.8) is 0 Å². The molecule has 1 aromatic heterocycles. The summed E-state index contributed by atoms with van der Waals surface area (Å²) in [5.41, 5.74) is 7.20. The third kappa shape index (κ3) is 1.28. The van der Waals surface area contributed by atoms with E-state index >= 15 is 0 Å². The molecule has 0 unspecified atom stereocenters. The highest BCUT2D eigenvalue weighted by atomic mass is 35.5. The molecule has 0 aliphatic rings. The number of alkyl halides is 1. The van der Waals surface area contributed by atoms with Crippen LogP contribution in [-0.4, -0.2) is 0 Å². The summed E-state index contributed by atoms with van der Waals surface area (Å²) < 4.78 is 13.8. The Morgan fingerprint density at radius 2 is 2.23 bits per heavy atom. The molecule has 68 valence electrons. The molecule has 0 amide bonds. The van der Waals surface area contributed by atoms with Crippen LogP contribution in [0.4, 0.5) is 10.1 Å². The van der Waals surface area contributed by atoms with Gasteiger partial charge in [0.25, 0.3) is 0 Å². The fraction of sp³-hybridized carbons (Fsp3) is 0.111. The maximum atomic E-state index is 13.2. The molecule has 0 saturated carbocycles. The van der Waals surface area contributed by atoms with Crippen LogP contribution in [-0.2, 0) is 5.88 Å². The second kappa shape index (κ2) is 3.16. The molecule has 0 fully saturated rings. The van der Waals surface area contributed by atoms with Crippen LogP contribution >= 0.6 is 22.9 Å². The van der Waals surface area contributed by atoms with Gasteiger partial charge in [-0.3, -0.25) is 0 Å². The first-order valence-corrected chi connectivity index (χ1v) is 5.15. The zero-order chi connectivity index (χ0) is 9.42.